The van der Waals surface area contributed by atoms with Gasteiger partial charge in [0.1, 0.15) is 23.0 Å². The molecule has 0 aliphatic carbocycles. The van der Waals surface area contributed by atoms with E-state index in [0.29, 0.717) is 43.2 Å². The Morgan fingerprint density at radius 1 is 1.10 bits per heavy atom. The van der Waals surface area contributed by atoms with Gasteiger partial charge in [-0.3, -0.25) is 9.59 Å². The Balaban J connectivity index is 1.04. The number of ether oxygens (including phenoxy) is 1. The Kier molecular flexibility index (Phi) is 7.17. The van der Waals surface area contributed by atoms with Gasteiger partial charge in [0.25, 0.3) is 11.8 Å². The molecule has 0 bridgehead atoms. The van der Waals surface area contributed by atoms with E-state index in [0.717, 1.165) is 45.2 Å². The van der Waals surface area contributed by atoms with Crippen molar-refractivity contribution in [3.63, 3.8) is 0 Å². The second kappa shape index (κ2) is 11.1. The van der Waals surface area contributed by atoms with Crippen LogP contribution in [-0.2, 0) is 6.42 Å². The summed E-state index contributed by atoms with van der Waals surface area (Å²) in [4.78, 5) is 40.1. The van der Waals surface area contributed by atoms with Gasteiger partial charge in [0.15, 0.2) is 0 Å². The summed E-state index contributed by atoms with van der Waals surface area (Å²) >= 11 is 1.48. The number of H-pyrrole nitrogens is 1. The van der Waals surface area contributed by atoms with Crippen molar-refractivity contribution < 1.29 is 18.7 Å². The summed E-state index contributed by atoms with van der Waals surface area (Å²) in [6, 6.07) is 14.0. The number of amides is 2. The maximum absolute atomic E-state index is 13.6. The van der Waals surface area contributed by atoms with Crippen LogP contribution in [0.15, 0.2) is 60.1 Å². The first-order chi connectivity index (χ1) is 19.5. The molecule has 40 heavy (non-hydrogen) atoms. The van der Waals surface area contributed by atoms with E-state index in [1.54, 1.807) is 24.6 Å². The van der Waals surface area contributed by atoms with Gasteiger partial charge in [0, 0.05) is 59.5 Å². The number of halogens is 1. The van der Waals surface area contributed by atoms with E-state index >= 15 is 0 Å². The molecule has 1 fully saturated rings. The Labute approximate surface area is 234 Å². The SMILES string of the molecule is COc1cc(C(=O)N2CCC(c3nc(C(=O)NCCc4c[nH]c5ccc(F)cc45)cs3)CC2)nc2ccccc12. The van der Waals surface area contributed by atoms with Crippen molar-refractivity contribution >= 4 is 45.0 Å². The molecule has 5 aromatic rings. The average Bonchev–Trinajstić information content (AvgIpc) is 3.64. The van der Waals surface area contributed by atoms with Crippen molar-refractivity contribution in [2.24, 2.45) is 0 Å². The second-order valence-electron chi connectivity index (χ2n) is 9.87. The van der Waals surface area contributed by atoms with Gasteiger partial charge in [-0.15, -0.1) is 11.3 Å². The van der Waals surface area contributed by atoms with Gasteiger partial charge in [-0.25, -0.2) is 14.4 Å². The van der Waals surface area contributed by atoms with Gasteiger partial charge in [-0.1, -0.05) is 12.1 Å². The molecule has 2 amide bonds. The van der Waals surface area contributed by atoms with Gasteiger partial charge in [0.05, 0.1) is 17.6 Å². The number of fused-ring (bicyclic) bond motifs is 2. The topological polar surface area (TPSA) is 100 Å². The van der Waals surface area contributed by atoms with E-state index in [-0.39, 0.29) is 23.5 Å². The Bertz CT molecular complexity index is 1710. The number of likely N-dealkylation sites (tertiary alicyclic amines) is 1. The smallest absolute Gasteiger partial charge is 0.272 e. The van der Waals surface area contributed by atoms with Crippen LogP contribution < -0.4 is 10.1 Å². The number of hydrogen-bond donors (Lipinski definition) is 2. The van der Waals surface area contributed by atoms with Crippen LogP contribution >= 0.6 is 11.3 Å². The van der Waals surface area contributed by atoms with Crippen molar-refractivity contribution in [3.05, 3.63) is 87.9 Å². The van der Waals surface area contributed by atoms with E-state index < -0.39 is 0 Å². The lowest BCUT2D eigenvalue weighted by Crippen LogP contribution is -2.38. The van der Waals surface area contributed by atoms with Crippen molar-refractivity contribution in [2.75, 3.05) is 26.7 Å². The zero-order valence-electron chi connectivity index (χ0n) is 21.9. The number of aromatic amines is 1. The first-order valence-corrected chi connectivity index (χ1v) is 14.1. The number of carbonyl (C=O) groups excluding carboxylic acids is 2. The number of rotatable bonds is 7. The van der Waals surface area contributed by atoms with Crippen LogP contribution in [0, 0.1) is 5.82 Å². The van der Waals surface area contributed by atoms with E-state index in [9.17, 15) is 14.0 Å². The second-order valence-corrected chi connectivity index (χ2v) is 10.8. The third-order valence-corrected chi connectivity index (χ3v) is 8.42. The van der Waals surface area contributed by atoms with Crippen LogP contribution in [0.5, 0.6) is 5.75 Å². The van der Waals surface area contributed by atoms with E-state index in [1.165, 1.54) is 23.5 Å². The number of hydrogen-bond acceptors (Lipinski definition) is 6. The number of pyridine rings is 1. The molecule has 0 unspecified atom stereocenters. The van der Waals surface area contributed by atoms with Crippen molar-refractivity contribution in [3.8, 4) is 5.75 Å². The number of benzene rings is 2. The molecule has 2 N–H and O–H groups in total. The zero-order chi connectivity index (χ0) is 27.6. The number of para-hydroxylation sites is 1. The summed E-state index contributed by atoms with van der Waals surface area (Å²) in [5.41, 5.74) is 3.32. The maximum atomic E-state index is 13.6. The van der Waals surface area contributed by atoms with E-state index in [4.69, 9.17) is 4.74 Å². The fraction of sp³-hybridized carbons (Fsp3) is 0.267. The Hall–Kier alpha value is -4.31. The minimum Gasteiger partial charge on any atom is -0.496 e. The van der Waals surface area contributed by atoms with Crippen LogP contribution in [0.1, 0.15) is 50.3 Å². The monoisotopic (exact) mass is 557 g/mol. The third-order valence-electron chi connectivity index (χ3n) is 7.41. The summed E-state index contributed by atoms with van der Waals surface area (Å²) < 4.78 is 19.1. The molecule has 1 aliphatic heterocycles. The molecule has 0 radical (unpaired) electrons. The average molecular weight is 558 g/mol. The lowest BCUT2D eigenvalue weighted by Gasteiger charge is -2.31. The normalized spacial score (nSPS) is 14.1. The predicted octanol–water partition coefficient (Wildman–Crippen LogP) is 5.31. The fourth-order valence-electron chi connectivity index (χ4n) is 5.25. The number of aromatic nitrogens is 3. The van der Waals surface area contributed by atoms with Gasteiger partial charge in [-0.05, 0) is 55.2 Å². The standard InChI is InChI=1S/C30H28FN5O3S/c1-39-27-15-25(34-24-5-3-2-4-21(24)27)30(38)36-12-9-18(10-13-36)29-35-26(17-40-29)28(37)32-11-8-19-16-33-23-7-6-20(31)14-22(19)23/h2-7,14-18,33H,8-13H2,1H3,(H,32,37). The quantitative estimate of drug-likeness (QED) is 0.282. The minimum absolute atomic E-state index is 0.111. The Morgan fingerprint density at radius 2 is 1.93 bits per heavy atom. The molecule has 1 aliphatic rings. The lowest BCUT2D eigenvalue weighted by atomic mass is 9.97. The van der Waals surface area contributed by atoms with E-state index in [1.807, 2.05) is 35.4 Å². The number of methoxy groups -OCH3 is 1. The van der Waals surface area contributed by atoms with Crippen LogP contribution in [0.3, 0.4) is 0 Å². The molecule has 2 aromatic carbocycles. The van der Waals surface area contributed by atoms with Gasteiger partial charge < -0.3 is 19.9 Å². The Morgan fingerprint density at radius 3 is 2.75 bits per heavy atom. The van der Waals surface area contributed by atoms with Crippen LogP contribution in [0.2, 0.25) is 0 Å². The first-order valence-electron chi connectivity index (χ1n) is 13.2. The molecule has 0 spiro atoms. The molecule has 204 valence electrons. The number of carbonyl (C=O) groups is 2. The fourth-order valence-corrected chi connectivity index (χ4v) is 6.22. The van der Waals surface area contributed by atoms with Gasteiger partial charge in [-0.2, -0.15) is 0 Å². The maximum Gasteiger partial charge on any atom is 0.272 e. The highest BCUT2D eigenvalue weighted by molar-refractivity contribution is 7.09. The number of piperidine rings is 1. The molecule has 3 aromatic heterocycles. The molecule has 6 rings (SSSR count). The van der Waals surface area contributed by atoms with Crippen molar-refractivity contribution in [1.82, 2.24) is 25.2 Å². The molecule has 0 atom stereocenters. The minimum atomic E-state index is -0.284. The summed E-state index contributed by atoms with van der Waals surface area (Å²) in [6.07, 6.45) is 3.96. The summed E-state index contributed by atoms with van der Waals surface area (Å²) in [5, 5.41) is 7.32. The lowest BCUT2D eigenvalue weighted by molar-refractivity contribution is 0.0707. The van der Waals surface area contributed by atoms with Crippen molar-refractivity contribution in [2.45, 2.75) is 25.2 Å². The molecule has 4 heterocycles. The molecule has 8 nitrogen and oxygen atoms in total. The highest BCUT2D eigenvalue weighted by Crippen LogP contribution is 2.32. The zero-order valence-corrected chi connectivity index (χ0v) is 22.8. The molecule has 1 saturated heterocycles. The number of nitrogens with one attached hydrogen (secondary N) is 2. The highest BCUT2D eigenvalue weighted by atomic mass is 32.1. The number of nitrogens with zero attached hydrogens (tertiary/aromatic N) is 3. The largest absolute Gasteiger partial charge is 0.496 e. The molecule has 10 heteroatoms. The third kappa shape index (κ3) is 5.14. The summed E-state index contributed by atoms with van der Waals surface area (Å²) in [7, 11) is 1.59. The summed E-state index contributed by atoms with van der Waals surface area (Å²) in [6.45, 7) is 1.60. The highest BCUT2D eigenvalue weighted by Gasteiger charge is 2.28. The van der Waals surface area contributed by atoms with E-state index in [2.05, 4.69) is 20.3 Å². The van der Waals surface area contributed by atoms with Gasteiger partial charge in [0.2, 0.25) is 0 Å². The molecule has 0 saturated carbocycles. The van der Waals surface area contributed by atoms with Crippen molar-refractivity contribution in [1.29, 1.82) is 0 Å². The van der Waals surface area contributed by atoms with Crippen LogP contribution in [0.4, 0.5) is 4.39 Å². The van der Waals surface area contributed by atoms with Crippen LogP contribution in [-0.4, -0.2) is 58.4 Å². The molecular weight excluding hydrogens is 529 g/mol. The molecular formula is C30H28FN5O3S. The predicted molar refractivity (Wildman–Crippen MR) is 153 cm³/mol. The summed E-state index contributed by atoms with van der Waals surface area (Å²) in [5.74, 6) is 0.203. The van der Waals surface area contributed by atoms with Crippen LogP contribution in [0.25, 0.3) is 21.8 Å². The van der Waals surface area contributed by atoms with Gasteiger partial charge >= 0.3 is 0 Å². The first kappa shape index (κ1) is 25.9. The number of thiazole rings is 1.